The van der Waals surface area contributed by atoms with Crippen LogP contribution in [0.3, 0.4) is 0 Å². The fourth-order valence-corrected chi connectivity index (χ4v) is 1.60. The number of H-pyrrole nitrogens is 1. The maximum absolute atomic E-state index is 11.7. The third-order valence-electron chi connectivity index (χ3n) is 2.49. The molecule has 0 saturated heterocycles. The summed E-state index contributed by atoms with van der Waals surface area (Å²) in [6.45, 7) is 1.72. The Labute approximate surface area is 101 Å². The summed E-state index contributed by atoms with van der Waals surface area (Å²) in [5.74, 6) is -0.376. The number of carbonyl (C=O) groups is 1. The molecular weight excluding hydrogens is 238 g/mol. The second-order valence-corrected chi connectivity index (χ2v) is 3.74. The first-order valence-corrected chi connectivity index (χ1v) is 5.14. The summed E-state index contributed by atoms with van der Waals surface area (Å²) >= 11 is 0. The highest BCUT2D eigenvalue weighted by atomic mass is 16.4. The summed E-state index contributed by atoms with van der Waals surface area (Å²) in [6.07, 6.45) is 1.00. The molecular formula is C11H11N3O4. The van der Waals surface area contributed by atoms with Crippen molar-refractivity contribution in [1.82, 2.24) is 9.97 Å². The first-order chi connectivity index (χ1) is 8.49. The van der Waals surface area contributed by atoms with E-state index < -0.39 is 17.9 Å². The molecule has 7 heteroatoms. The van der Waals surface area contributed by atoms with Crippen molar-refractivity contribution in [1.29, 1.82) is 0 Å². The molecule has 2 heterocycles. The highest BCUT2D eigenvalue weighted by Gasteiger charge is 2.15. The first kappa shape index (κ1) is 11.9. The molecule has 0 atom stereocenters. The van der Waals surface area contributed by atoms with Crippen LogP contribution in [-0.4, -0.2) is 21.0 Å². The van der Waals surface area contributed by atoms with E-state index in [0.29, 0.717) is 11.3 Å². The molecule has 2 aromatic rings. The van der Waals surface area contributed by atoms with Gasteiger partial charge in [0.15, 0.2) is 0 Å². The number of aromatic nitrogens is 2. The molecule has 2 aromatic heterocycles. The van der Waals surface area contributed by atoms with Crippen LogP contribution < -0.4 is 11.3 Å². The van der Waals surface area contributed by atoms with Crippen LogP contribution in [0.5, 0.6) is 0 Å². The number of nitrogen functional groups attached to an aromatic ring is 1. The van der Waals surface area contributed by atoms with Gasteiger partial charge in [0, 0.05) is 0 Å². The molecule has 0 radical (unpaired) electrons. The smallest absolute Gasteiger partial charge is 0.308 e. The standard InChI is InChI=1S/C11H11N3O4/c1-5-6(2-3-18-5)10-13-9(12)7(4-8(15)16)11(17)14-10/h2-3H,4H2,1H3,(H,15,16)(H3,12,13,14,17). The van der Waals surface area contributed by atoms with Crippen LogP contribution in [0.4, 0.5) is 5.82 Å². The molecule has 94 valence electrons. The maximum atomic E-state index is 11.7. The van der Waals surface area contributed by atoms with Crippen LogP contribution in [-0.2, 0) is 11.2 Å². The average Bonchev–Trinajstić information content (AvgIpc) is 2.69. The van der Waals surface area contributed by atoms with E-state index in [-0.39, 0.29) is 17.2 Å². The number of aryl methyl sites for hydroxylation is 1. The van der Waals surface area contributed by atoms with Crippen molar-refractivity contribution in [3.8, 4) is 11.4 Å². The van der Waals surface area contributed by atoms with Crippen molar-refractivity contribution in [2.24, 2.45) is 0 Å². The molecule has 0 aliphatic rings. The van der Waals surface area contributed by atoms with Gasteiger partial charge in [-0.1, -0.05) is 0 Å². The summed E-state index contributed by atoms with van der Waals surface area (Å²) in [6, 6.07) is 1.64. The van der Waals surface area contributed by atoms with Crippen LogP contribution in [0, 0.1) is 6.92 Å². The third kappa shape index (κ3) is 2.10. The van der Waals surface area contributed by atoms with Gasteiger partial charge in [-0.2, -0.15) is 0 Å². The zero-order chi connectivity index (χ0) is 13.3. The van der Waals surface area contributed by atoms with Crippen LogP contribution in [0.15, 0.2) is 21.5 Å². The van der Waals surface area contributed by atoms with E-state index >= 15 is 0 Å². The summed E-state index contributed by atoms with van der Waals surface area (Å²) in [7, 11) is 0. The number of aliphatic carboxylic acids is 1. The Kier molecular flexibility index (Phi) is 2.88. The van der Waals surface area contributed by atoms with Crippen molar-refractivity contribution >= 4 is 11.8 Å². The third-order valence-corrected chi connectivity index (χ3v) is 2.49. The van der Waals surface area contributed by atoms with Crippen LogP contribution in [0.25, 0.3) is 11.4 Å². The number of aromatic amines is 1. The molecule has 0 bridgehead atoms. The lowest BCUT2D eigenvalue weighted by Crippen LogP contribution is -2.21. The van der Waals surface area contributed by atoms with Gasteiger partial charge >= 0.3 is 5.97 Å². The van der Waals surface area contributed by atoms with Gasteiger partial charge in [0.1, 0.15) is 17.4 Å². The van der Waals surface area contributed by atoms with E-state index in [1.54, 1.807) is 13.0 Å². The minimum atomic E-state index is -1.14. The van der Waals surface area contributed by atoms with E-state index in [0.717, 1.165) is 0 Å². The minimum absolute atomic E-state index is 0.0487. The quantitative estimate of drug-likeness (QED) is 0.730. The van der Waals surface area contributed by atoms with E-state index in [2.05, 4.69) is 9.97 Å². The molecule has 0 aromatic carbocycles. The van der Waals surface area contributed by atoms with E-state index in [9.17, 15) is 9.59 Å². The summed E-state index contributed by atoms with van der Waals surface area (Å²) in [5.41, 5.74) is 5.61. The molecule has 0 aliphatic carbocycles. The van der Waals surface area contributed by atoms with Gasteiger partial charge in [0.2, 0.25) is 0 Å². The lowest BCUT2D eigenvalue weighted by Gasteiger charge is -2.04. The number of anilines is 1. The van der Waals surface area contributed by atoms with Crippen LogP contribution >= 0.6 is 0 Å². The molecule has 18 heavy (non-hydrogen) atoms. The maximum Gasteiger partial charge on any atom is 0.308 e. The SMILES string of the molecule is Cc1occc1-c1nc(N)c(CC(=O)O)c(=O)[nH]1. The number of hydrogen-bond donors (Lipinski definition) is 3. The normalized spacial score (nSPS) is 10.5. The number of carboxylic acid groups (broad SMARTS) is 1. The number of rotatable bonds is 3. The fraction of sp³-hybridized carbons (Fsp3) is 0.182. The Morgan fingerprint density at radius 2 is 2.33 bits per heavy atom. The Hall–Kier alpha value is -2.57. The number of nitrogens with zero attached hydrogens (tertiary/aromatic N) is 1. The Morgan fingerprint density at radius 3 is 2.83 bits per heavy atom. The molecule has 4 N–H and O–H groups in total. The fourth-order valence-electron chi connectivity index (χ4n) is 1.60. The molecule has 0 fully saturated rings. The van der Waals surface area contributed by atoms with Crippen molar-refractivity contribution in [2.75, 3.05) is 5.73 Å². The molecule has 2 rings (SSSR count). The second-order valence-electron chi connectivity index (χ2n) is 3.74. The molecule has 0 aliphatic heterocycles. The van der Waals surface area contributed by atoms with Crippen molar-refractivity contribution in [3.63, 3.8) is 0 Å². The molecule has 0 saturated carbocycles. The molecule has 0 spiro atoms. The van der Waals surface area contributed by atoms with Gasteiger partial charge in [-0.15, -0.1) is 0 Å². The molecule has 0 amide bonds. The van der Waals surface area contributed by atoms with Gasteiger partial charge in [0.05, 0.1) is 23.8 Å². The number of nitrogens with two attached hydrogens (primary N) is 1. The number of nitrogens with one attached hydrogen (secondary N) is 1. The molecule has 7 nitrogen and oxygen atoms in total. The van der Waals surface area contributed by atoms with Gasteiger partial charge in [0.25, 0.3) is 5.56 Å². The van der Waals surface area contributed by atoms with Gasteiger partial charge < -0.3 is 20.2 Å². The lowest BCUT2D eigenvalue weighted by molar-refractivity contribution is -0.136. The van der Waals surface area contributed by atoms with Gasteiger partial charge in [-0.25, -0.2) is 4.98 Å². The Bertz CT molecular complexity index is 657. The van der Waals surface area contributed by atoms with Gasteiger partial charge in [-0.3, -0.25) is 9.59 Å². The predicted molar refractivity (Wildman–Crippen MR) is 63.0 cm³/mol. The topological polar surface area (TPSA) is 122 Å². The summed E-state index contributed by atoms with van der Waals surface area (Å²) in [4.78, 5) is 28.8. The Morgan fingerprint density at radius 1 is 1.61 bits per heavy atom. The highest BCUT2D eigenvalue weighted by molar-refractivity contribution is 5.72. The average molecular weight is 249 g/mol. The largest absolute Gasteiger partial charge is 0.481 e. The monoisotopic (exact) mass is 249 g/mol. The number of carboxylic acids is 1. The van der Waals surface area contributed by atoms with Crippen LogP contribution in [0.2, 0.25) is 0 Å². The predicted octanol–water partition coefficient (Wildman–Crippen LogP) is 0.548. The van der Waals surface area contributed by atoms with Crippen LogP contribution in [0.1, 0.15) is 11.3 Å². The minimum Gasteiger partial charge on any atom is -0.481 e. The lowest BCUT2D eigenvalue weighted by atomic mass is 10.2. The summed E-state index contributed by atoms with van der Waals surface area (Å²) < 4.78 is 5.10. The number of furan rings is 1. The molecule has 0 unspecified atom stereocenters. The zero-order valence-electron chi connectivity index (χ0n) is 9.56. The Balaban J connectivity index is 2.53. The van der Waals surface area contributed by atoms with Crippen molar-refractivity contribution in [3.05, 3.63) is 34.0 Å². The van der Waals surface area contributed by atoms with E-state index in [1.165, 1.54) is 6.26 Å². The van der Waals surface area contributed by atoms with Crippen molar-refractivity contribution in [2.45, 2.75) is 13.3 Å². The van der Waals surface area contributed by atoms with E-state index in [1.807, 2.05) is 0 Å². The number of hydrogen-bond acceptors (Lipinski definition) is 5. The second kappa shape index (κ2) is 4.36. The van der Waals surface area contributed by atoms with Gasteiger partial charge in [-0.05, 0) is 13.0 Å². The summed E-state index contributed by atoms with van der Waals surface area (Å²) in [5, 5.41) is 8.66. The van der Waals surface area contributed by atoms with Crippen molar-refractivity contribution < 1.29 is 14.3 Å². The first-order valence-electron chi connectivity index (χ1n) is 5.14. The van der Waals surface area contributed by atoms with E-state index in [4.69, 9.17) is 15.3 Å². The highest BCUT2D eigenvalue weighted by Crippen LogP contribution is 2.20. The zero-order valence-corrected chi connectivity index (χ0v) is 9.56.